The molecule has 10 heteroatoms. The molecule has 0 fully saturated rings. The van der Waals surface area contributed by atoms with Gasteiger partial charge in [0.2, 0.25) is 5.96 Å². The number of ether oxygens (including phenoxy) is 1. The third-order valence-electron chi connectivity index (χ3n) is 3.98. The van der Waals surface area contributed by atoms with Crippen molar-refractivity contribution in [2.45, 2.75) is 64.4 Å². The van der Waals surface area contributed by atoms with Crippen LogP contribution >= 0.6 is 12.4 Å². The largest absolute Gasteiger partial charge is 0.573 e. The predicted octanol–water partition coefficient (Wildman–Crippen LogP) is 4.77. The number of nitrogens with two attached hydrogens (primary N) is 1. The number of aliphatic imine (C=N–C) groups is 2. The molecule has 0 amide bonds. The number of alkyl halides is 3. The molecule has 0 spiro atoms. The van der Waals surface area contributed by atoms with Crippen LogP contribution in [0.5, 0.6) is 5.75 Å². The van der Waals surface area contributed by atoms with Gasteiger partial charge in [-0.2, -0.15) is 0 Å². The van der Waals surface area contributed by atoms with Crippen molar-refractivity contribution < 1.29 is 17.9 Å². The van der Waals surface area contributed by atoms with E-state index in [9.17, 15) is 13.2 Å². The number of unbranched alkanes of at least 4 members (excludes halogenated alkanes) is 5. The Labute approximate surface area is 169 Å². The first-order valence-corrected chi connectivity index (χ1v) is 9.16. The topological polar surface area (TPSA) is 84.0 Å². The van der Waals surface area contributed by atoms with Gasteiger partial charge >= 0.3 is 6.36 Å². The second-order valence-electron chi connectivity index (χ2n) is 6.35. The van der Waals surface area contributed by atoms with Crippen molar-refractivity contribution in [2.24, 2.45) is 15.7 Å². The number of nitrogens with one attached hydrogen (secondary N) is 2. The number of hydrogen-bond acceptors (Lipinski definition) is 6. The molecule has 0 saturated carbocycles. The van der Waals surface area contributed by atoms with Crippen LogP contribution in [0.25, 0.3) is 0 Å². The second-order valence-corrected chi connectivity index (χ2v) is 6.35. The monoisotopic (exact) mass is 421 g/mol. The van der Waals surface area contributed by atoms with Gasteiger partial charge in [0, 0.05) is 5.69 Å². The van der Waals surface area contributed by atoms with E-state index in [4.69, 9.17) is 5.73 Å². The molecule has 6 nitrogen and oxygen atoms in total. The Bertz CT molecular complexity index is 650. The Kier molecular flexibility index (Phi) is 9.92. The normalized spacial score (nSPS) is 16.4. The quantitative estimate of drug-likeness (QED) is 0.501. The van der Waals surface area contributed by atoms with Crippen molar-refractivity contribution in [3.05, 3.63) is 24.3 Å². The zero-order chi connectivity index (χ0) is 19.7. The van der Waals surface area contributed by atoms with Crippen molar-refractivity contribution >= 4 is 30.0 Å². The number of benzene rings is 1. The van der Waals surface area contributed by atoms with Gasteiger partial charge in [0.1, 0.15) is 11.9 Å². The summed E-state index contributed by atoms with van der Waals surface area (Å²) in [5, 5.41) is 5.81. The summed E-state index contributed by atoms with van der Waals surface area (Å²) < 4.78 is 40.4. The fraction of sp³-hybridized carbons (Fsp3) is 0.556. The van der Waals surface area contributed by atoms with Crippen molar-refractivity contribution in [1.29, 1.82) is 0 Å². The highest BCUT2D eigenvalue weighted by Gasteiger charge is 2.31. The van der Waals surface area contributed by atoms with Crippen LogP contribution in [0.3, 0.4) is 0 Å². The highest BCUT2D eigenvalue weighted by atomic mass is 35.5. The minimum absolute atomic E-state index is 0. The summed E-state index contributed by atoms with van der Waals surface area (Å²) >= 11 is 0. The minimum atomic E-state index is -4.71. The van der Waals surface area contributed by atoms with Gasteiger partial charge in [-0.05, 0) is 37.1 Å². The first-order chi connectivity index (χ1) is 12.9. The average Bonchev–Trinajstić information content (AvgIpc) is 2.58. The van der Waals surface area contributed by atoms with E-state index in [1.165, 1.54) is 49.9 Å². The highest BCUT2D eigenvalue weighted by Crippen LogP contribution is 2.24. The Morgan fingerprint density at radius 2 is 1.71 bits per heavy atom. The molecular weight excluding hydrogens is 395 g/mol. The molecule has 1 atom stereocenters. The Balaban J connectivity index is 0.00000392. The third kappa shape index (κ3) is 9.16. The van der Waals surface area contributed by atoms with E-state index in [0.29, 0.717) is 11.6 Å². The van der Waals surface area contributed by atoms with Crippen LogP contribution in [-0.4, -0.2) is 24.4 Å². The summed E-state index contributed by atoms with van der Waals surface area (Å²) in [4.78, 5) is 8.73. The molecule has 1 aliphatic rings. The maximum atomic E-state index is 12.2. The lowest BCUT2D eigenvalue weighted by molar-refractivity contribution is -0.274. The van der Waals surface area contributed by atoms with E-state index in [1.807, 2.05) is 0 Å². The average molecular weight is 422 g/mol. The molecule has 1 aliphatic heterocycles. The fourth-order valence-corrected chi connectivity index (χ4v) is 2.70. The SMILES string of the molecule is CCCCCCCCC1N=C(N)NC(Nc2ccc(OC(F)(F)F)cc2)=N1.Cl. The lowest BCUT2D eigenvalue weighted by Crippen LogP contribution is -2.45. The highest BCUT2D eigenvalue weighted by molar-refractivity contribution is 6.05. The maximum Gasteiger partial charge on any atom is 0.573 e. The van der Waals surface area contributed by atoms with Crippen molar-refractivity contribution in [3.8, 4) is 5.75 Å². The van der Waals surface area contributed by atoms with Crippen molar-refractivity contribution in [3.63, 3.8) is 0 Å². The summed E-state index contributed by atoms with van der Waals surface area (Å²) in [5.41, 5.74) is 6.36. The van der Waals surface area contributed by atoms with E-state index in [-0.39, 0.29) is 30.3 Å². The van der Waals surface area contributed by atoms with E-state index in [2.05, 4.69) is 32.3 Å². The number of rotatable bonds is 9. The van der Waals surface area contributed by atoms with Crippen LogP contribution in [0.15, 0.2) is 34.3 Å². The van der Waals surface area contributed by atoms with Gasteiger partial charge in [-0.15, -0.1) is 25.6 Å². The van der Waals surface area contributed by atoms with Crippen LogP contribution in [0.4, 0.5) is 18.9 Å². The molecule has 1 aromatic rings. The first kappa shape index (κ1) is 23.9. The van der Waals surface area contributed by atoms with Crippen LogP contribution in [0, 0.1) is 0 Å². The van der Waals surface area contributed by atoms with Gasteiger partial charge in [0.15, 0.2) is 5.96 Å². The molecule has 1 heterocycles. The van der Waals surface area contributed by atoms with Crippen molar-refractivity contribution in [2.75, 3.05) is 5.32 Å². The Hall–Kier alpha value is -2.16. The second kappa shape index (κ2) is 11.6. The van der Waals surface area contributed by atoms with E-state index in [0.717, 1.165) is 19.3 Å². The molecular formula is C18H27ClF3N5O. The summed E-state index contributed by atoms with van der Waals surface area (Å²) in [5.74, 6) is 0.400. The molecule has 0 bridgehead atoms. The molecule has 4 N–H and O–H groups in total. The van der Waals surface area contributed by atoms with Gasteiger partial charge in [0.25, 0.3) is 0 Å². The fourth-order valence-electron chi connectivity index (χ4n) is 2.70. The van der Waals surface area contributed by atoms with Crippen molar-refractivity contribution in [1.82, 2.24) is 5.32 Å². The van der Waals surface area contributed by atoms with Gasteiger partial charge in [-0.25, -0.2) is 9.98 Å². The molecule has 0 radical (unpaired) electrons. The third-order valence-corrected chi connectivity index (χ3v) is 3.98. The Morgan fingerprint density at radius 1 is 1.07 bits per heavy atom. The predicted molar refractivity (Wildman–Crippen MR) is 108 cm³/mol. The summed E-state index contributed by atoms with van der Waals surface area (Å²) in [6, 6.07) is 5.39. The molecule has 0 saturated heterocycles. The van der Waals surface area contributed by atoms with Gasteiger partial charge in [-0.3, -0.25) is 5.32 Å². The lowest BCUT2D eigenvalue weighted by atomic mass is 10.1. The van der Waals surface area contributed by atoms with E-state index < -0.39 is 6.36 Å². The number of halogens is 4. The molecule has 2 rings (SSSR count). The van der Waals surface area contributed by atoms with Gasteiger partial charge in [-0.1, -0.05) is 39.0 Å². The lowest BCUT2D eigenvalue weighted by Gasteiger charge is -2.20. The zero-order valence-corrected chi connectivity index (χ0v) is 16.6. The van der Waals surface area contributed by atoms with Crippen LogP contribution in [-0.2, 0) is 0 Å². The molecule has 0 aromatic heterocycles. The molecule has 0 aliphatic carbocycles. The molecule has 1 aromatic carbocycles. The summed E-state index contributed by atoms with van der Waals surface area (Å²) in [6.07, 6.45) is 2.93. The van der Waals surface area contributed by atoms with Crippen LogP contribution in [0.1, 0.15) is 51.9 Å². The number of nitrogens with zero attached hydrogens (tertiary/aromatic N) is 2. The first-order valence-electron chi connectivity index (χ1n) is 9.16. The molecule has 158 valence electrons. The molecule has 28 heavy (non-hydrogen) atoms. The maximum absolute atomic E-state index is 12.2. The standard InChI is InChI=1S/C18H26F3N5O.ClH/c1-2-3-4-5-6-7-8-15-24-16(22)26-17(25-15)23-13-9-11-14(12-10-13)27-18(19,20)21;/h9-12,15H,2-8H2,1H3,(H4,22,23,24,25,26);1H. The zero-order valence-electron chi connectivity index (χ0n) is 15.8. The van der Waals surface area contributed by atoms with Crippen LogP contribution < -0.4 is 21.1 Å². The number of anilines is 1. The summed E-state index contributed by atoms with van der Waals surface area (Å²) in [7, 11) is 0. The number of hydrogen-bond donors (Lipinski definition) is 3. The van der Waals surface area contributed by atoms with Gasteiger partial charge < -0.3 is 15.8 Å². The number of guanidine groups is 2. The minimum Gasteiger partial charge on any atom is -0.406 e. The summed E-state index contributed by atoms with van der Waals surface area (Å²) in [6.45, 7) is 2.19. The smallest absolute Gasteiger partial charge is 0.406 e. The molecule has 1 unspecified atom stereocenters. The Morgan fingerprint density at radius 3 is 2.36 bits per heavy atom. The van der Waals surface area contributed by atoms with E-state index in [1.54, 1.807) is 0 Å². The van der Waals surface area contributed by atoms with Gasteiger partial charge in [0.05, 0.1) is 0 Å². The van der Waals surface area contributed by atoms with E-state index >= 15 is 0 Å². The van der Waals surface area contributed by atoms with Crippen LogP contribution in [0.2, 0.25) is 0 Å².